The van der Waals surface area contributed by atoms with Crippen molar-refractivity contribution in [1.29, 1.82) is 0 Å². The maximum Gasteiger partial charge on any atom is 0.387 e. The highest BCUT2D eigenvalue weighted by atomic mass is 19.3. The maximum atomic E-state index is 12.2. The van der Waals surface area contributed by atoms with E-state index in [-0.39, 0.29) is 29.3 Å². The molecular formula is C16H20F2N2O3. The second kappa shape index (κ2) is 5.96. The van der Waals surface area contributed by atoms with Gasteiger partial charge in [-0.2, -0.15) is 8.78 Å². The van der Waals surface area contributed by atoms with Gasteiger partial charge in [0.25, 0.3) is 0 Å². The molecule has 3 rings (SSSR count). The summed E-state index contributed by atoms with van der Waals surface area (Å²) in [7, 11) is 0. The van der Waals surface area contributed by atoms with Gasteiger partial charge in [0.05, 0.1) is 6.10 Å². The van der Waals surface area contributed by atoms with E-state index >= 15 is 0 Å². The monoisotopic (exact) mass is 326 g/mol. The first kappa shape index (κ1) is 16.0. The second-order valence-corrected chi connectivity index (χ2v) is 6.55. The molecule has 5 nitrogen and oxygen atoms in total. The zero-order chi connectivity index (χ0) is 16.6. The van der Waals surface area contributed by atoms with Crippen molar-refractivity contribution in [2.24, 2.45) is 11.3 Å². The van der Waals surface area contributed by atoms with E-state index in [4.69, 9.17) is 4.74 Å². The predicted octanol–water partition coefficient (Wildman–Crippen LogP) is 3.22. The lowest BCUT2D eigenvalue weighted by molar-refractivity contribution is -0.107. The Morgan fingerprint density at radius 3 is 2.96 bits per heavy atom. The molecule has 23 heavy (non-hydrogen) atoms. The molecule has 0 bridgehead atoms. The zero-order valence-corrected chi connectivity index (χ0v) is 13.0. The van der Waals surface area contributed by atoms with Crippen LogP contribution < -0.4 is 15.4 Å². The van der Waals surface area contributed by atoms with E-state index < -0.39 is 6.61 Å². The van der Waals surface area contributed by atoms with Gasteiger partial charge in [0.15, 0.2) is 0 Å². The molecule has 126 valence electrons. The molecule has 1 aromatic carbocycles. The van der Waals surface area contributed by atoms with Crippen LogP contribution in [0.1, 0.15) is 20.3 Å². The van der Waals surface area contributed by atoms with E-state index in [1.165, 1.54) is 12.1 Å². The molecule has 1 aliphatic carbocycles. The minimum atomic E-state index is -2.89. The zero-order valence-electron chi connectivity index (χ0n) is 13.0. The number of urea groups is 1. The van der Waals surface area contributed by atoms with Gasteiger partial charge in [-0.1, -0.05) is 19.9 Å². The third-order valence-corrected chi connectivity index (χ3v) is 4.70. The number of benzene rings is 1. The minimum Gasteiger partial charge on any atom is -0.435 e. The van der Waals surface area contributed by atoms with Crippen molar-refractivity contribution < 1.29 is 23.0 Å². The predicted molar refractivity (Wildman–Crippen MR) is 80.6 cm³/mol. The summed E-state index contributed by atoms with van der Waals surface area (Å²) >= 11 is 0. The Kier molecular flexibility index (Phi) is 4.14. The number of carbonyl (C=O) groups excluding carboxylic acids is 1. The molecule has 1 saturated carbocycles. The summed E-state index contributed by atoms with van der Waals surface area (Å²) in [5.41, 5.74) is 0.288. The van der Waals surface area contributed by atoms with Crippen LogP contribution in [-0.4, -0.2) is 31.4 Å². The van der Waals surface area contributed by atoms with Crippen LogP contribution in [-0.2, 0) is 4.74 Å². The molecule has 1 aromatic rings. The van der Waals surface area contributed by atoms with Crippen molar-refractivity contribution in [3.05, 3.63) is 24.3 Å². The number of carbonyl (C=O) groups is 1. The Morgan fingerprint density at radius 2 is 2.22 bits per heavy atom. The lowest BCUT2D eigenvalue weighted by atomic mass is 9.57. The van der Waals surface area contributed by atoms with Crippen molar-refractivity contribution in [1.82, 2.24) is 5.32 Å². The van der Waals surface area contributed by atoms with E-state index in [1.54, 1.807) is 12.1 Å². The second-order valence-electron chi connectivity index (χ2n) is 6.55. The SMILES string of the molecule is CC1(C)[C@H](NC(=O)Nc2cccc(OC(F)F)c2)[C@@H]2CCO[C@@H]21. The third kappa shape index (κ3) is 3.10. The van der Waals surface area contributed by atoms with Gasteiger partial charge in [0, 0.05) is 35.7 Å². The highest BCUT2D eigenvalue weighted by Gasteiger charge is 2.59. The molecule has 0 radical (unpaired) electrons. The number of fused-ring (bicyclic) bond motifs is 1. The van der Waals surface area contributed by atoms with Gasteiger partial charge in [0.1, 0.15) is 5.75 Å². The topological polar surface area (TPSA) is 59.6 Å². The molecule has 2 N–H and O–H groups in total. The Hall–Kier alpha value is -1.89. The van der Waals surface area contributed by atoms with Crippen molar-refractivity contribution in [2.75, 3.05) is 11.9 Å². The summed E-state index contributed by atoms with van der Waals surface area (Å²) in [6.45, 7) is 1.98. The molecule has 2 fully saturated rings. The van der Waals surface area contributed by atoms with Gasteiger partial charge in [-0.05, 0) is 18.6 Å². The minimum absolute atomic E-state index is 0.00558. The van der Waals surface area contributed by atoms with Crippen molar-refractivity contribution in [3.8, 4) is 5.75 Å². The number of amides is 2. The van der Waals surface area contributed by atoms with E-state index in [0.717, 1.165) is 13.0 Å². The summed E-state index contributed by atoms with van der Waals surface area (Å²) < 4.78 is 34.4. The average Bonchev–Trinajstić information content (AvgIpc) is 2.91. The Bertz CT molecular complexity index is 594. The number of rotatable bonds is 4. The molecule has 1 heterocycles. The quantitative estimate of drug-likeness (QED) is 0.893. The number of halogens is 2. The molecule has 7 heteroatoms. The van der Waals surface area contributed by atoms with Crippen LogP contribution in [0, 0.1) is 11.3 Å². The van der Waals surface area contributed by atoms with Crippen LogP contribution in [0.2, 0.25) is 0 Å². The van der Waals surface area contributed by atoms with E-state index in [9.17, 15) is 13.6 Å². The van der Waals surface area contributed by atoms with Crippen LogP contribution in [0.4, 0.5) is 19.3 Å². The number of hydrogen-bond acceptors (Lipinski definition) is 3. The molecule has 1 aliphatic heterocycles. The van der Waals surface area contributed by atoms with Gasteiger partial charge >= 0.3 is 12.6 Å². The van der Waals surface area contributed by atoms with Crippen LogP contribution in [0.5, 0.6) is 5.75 Å². The number of alkyl halides is 2. The number of anilines is 1. The first-order valence-electron chi connectivity index (χ1n) is 7.62. The molecule has 2 aliphatic rings. The Balaban J connectivity index is 1.59. The van der Waals surface area contributed by atoms with Crippen LogP contribution in [0.15, 0.2) is 24.3 Å². The van der Waals surface area contributed by atoms with Gasteiger partial charge in [0.2, 0.25) is 0 Å². The fourth-order valence-electron chi connectivity index (χ4n) is 3.68. The van der Waals surface area contributed by atoms with Crippen molar-refractivity contribution >= 4 is 11.7 Å². The highest BCUT2D eigenvalue weighted by molar-refractivity contribution is 5.89. The number of nitrogens with one attached hydrogen (secondary N) is 2. The van der Waals surface area contributed by atoms with E-state index in [0.29, 0.717) is 11.6 Å². The van der Waals surface area contributed by atoms with Gasteiger partial charge in [-0.3, -0.25) is 0 Å². The maximum absolute atomic E-state index is 12.2. The summed E-state index contributed by atoms with van der Waals surface area (Å²) in [5.74, 6) is 0.343. The van der Waals surface area contributed by atoms with Crippen molar-refractivity contribution in [3.63, 3.8) is 0 Å². The van der Waals surface area contributed by atoms with Crippen molar-refractivity contribution in [2.45, 2.75) is 39.0 Å². The molecule has 2 amide bonds. The molecule has 3 atom stereocenters. The Morgan fingerprint density at radius 1 is 1.43 bits per heavy atom. The largest absolute Gasteiger partial charge is 0.435 e. The smallest absolute Gasteiger partial charge is 0.387 e. The molecular weight excluding hydrogens is 306 g/mol. The molecule has 0 aromatic heterocycles. The lowest BCUT2D eigenvalue weighted by Gasteiger charge is -2.54. The highest BCUT2D eigenvalue weighted by Crippen LogP contribution is 2.52. The van der Waals surface area contributed by atoms with E-state index in [2.05, 4.69) is 29.2 Å². The van der Waals surface area contributed by atoms with Gasteiger partial charge in [-0.15, -0.1) is 0 Å². The van der Waals surface area contributed by atoms with Crippen LogP contribution in [0.3, 0.4) is 0 Å². The summed E-state index contributed by atoms with van der Waals surface area (Å²) in [6, 6.07) is 5.61. The summed E-state index contributed by atoms with van der Waals surface area (Å²) in [4.78, 5) is 12.2. The number of ether oxygens (including phenoxy) is 2. The molecule has 1 saturated heterocycles. The lowest BCUT2D eigenvalue weighted by Crippen LogP contribution is -2.67. The van der Waals surface area contributed by atoms with Gasteiger partial charge in [-0.25, -0.2) is 4.79 Å². The first-order valence-corrected chi connectivity index (χ1v) is 7.62. The summed E-state index contributed by atoms with van der Waals surface area (Å²) in [6.07, 6.45) is 1.13. The van der Waals surface area contributed by atoms with Gasteiger partial charge < -0.3 is 20.1 Å². The average molecular weight is 326 g/mol. The third-order valence-electron chi connectivity index (χ3n) is 4.70. The van der Waals surface area contributed by atoms with Crippen LogP contribution in [0.25, 0.3) is 0 Å². The molecule has 0 unspecified atom stereocenters. The van der Waals surface area contributed by atoms with E-state index in [1.807, 2.05) is 0 Å². The standard InChI is InChI=1S/C16H20F2N2O3/c1-16(2)12(11-6-7-22-13(11)16)20-15(21)19-9-4-3-5-10(8-9)23-14(17)18/h3-5,8,11-14H,6-7H2,1-2H3,(H2,19,20,21)/t11-,12+,13-/m0/s1. The first-order chi connectivity index (χ1) is 10.9. The fourth-order valence-corrected chi connectivity index (χ4v) is 3.68. The summed E-state index contributed by atoms with van der Waals surface area (Å²) in [5, 5.41) is 5.62. The molecule has 0 spiro atoms. The Labute approximate surface area is 133 Å². The fraction of sp³-hybridized carbons (Fsp3) is 0.562. The number of hydrogen-bond donors (Lipinski definition) is 2. The van der Waals surface area contributed by atoms with Crippen LogP contribution >= 0.6 is 0 Å². The normalized spacial score (nSPS) is 28.0.